The van der Waals surface area contributed by atoms with Gasteiger partial charge in [0.1, 0.15) is 29.9 Å². The van der Waals surface area contributed by atoms with Gasteiger partial charge in [-0.15, -0.1) is 0 Å². The molecule has 0 saturated heterocycles. The fourth-order valence-electron chi connectivity index (χ4n) is 4.59. The number of carboxylic acids is 1. The van der Waals surface area contributed by atoms with E-state index in [9.17, 15) is 14.7 Å². The van der Waals surface area contributed by atoms with Crippen LogP contribution in [0.2, 0.25) is 0 Å². The SMILES string of the molecule is Cc1onc(-c2cnc(OC3CCC[C@H](C(=O)O)C3)cn2)c1COC(=O)N(C)C1CCCC1. The van der Waals surface area contributed by atoms with Crippen LogP contribution in [0.1, 0.15) is 62.7 Å². The average Bonchev–Trinajstić information content (AvgIpc) is 3.48. The average molecular weight is 459 g/mol. The molecule has 0 aliphatic heterocycles. The molecule has 2 saturated carbocycles. The van der Waals surface area contributed by atoms with Gasteiger partial charge in [0, 0.05) is 13.1 Å². The number of rotatable bonds is 7. The fourth-order valence-corrected chi connectivity index (χ4v) is 4.59. The molecule has 1 unspecified atom stereocenters. The van der Waals surface area contributed by atoms with Crippen LogP contribution in [0.25, 0.3) is 11.4 Å². The fraction of sp³-hybridized carbons (Fsp3) is 0.609. The molecule has 0 bridgehead atoms. The Kier molecular flexibility index (Phi) is 7.10. The zero-order valence-electron chi connectivity index (χ0n) is 19.0. The molecular formula is C23H30N4O6. The zero-order valence-corrected chi connectivity index (χ0v) is 19.0. The topological polar surface area (TPSA) is 128 Å². The second kappa shape index (κ2) is 10.2. The number of aryl methyl sites for hydroxylation is 1. The van der Waals surface area contributed by atoms with E-state index < -0.39 is 5.97 Å². The van der Waals surface area contributed by atoms with Gasteiger partial charge in [-0.3, -0.25) is 4.79 Å². The van der Waals surface area contributed by atoms with E-state index in [4.69, 9.17) is 14.0 Å². The first kappa shape index (κ1) is 23.0. The van der Waals surface area contributed by atoms with Crippen molar-refractivity contribution in [2.75, 3.05) is 7.05 Å². The minimum Gasteiger partial charge on any atom is -0.481 e. The summed E-state index contributed by atoms with van der Waals surface area (Å²) in [4.78, 5) is 34.1. The van der Waals surface area contributed by atoms with Crippen molar-refractivity contribution in [2.45, 2.75) is 77.0 Å². The molecule has 10 nitrogen and oxygen atoms in total. The molecule has 1 N–H and O–H groups in total. The summed E-state index contributed by atoms with van der Waals surface area (Å²) in [5.41, 5.74) is 1.58. The highest BCUT2D eigenvalue weighted by Gasteiger charge is 2.29. The van der Waals surface area contributed by atoms with Gasteiger partial charge in [0.2, 0.25) is 5.88 Å². The van der Waals surface area contributed by atoms with Crippen LogP contribution in [0.4, 0.5) is 4.79 Å². The third-order valence-electron chi connectivity index (χ3n) is 6.62. The Morgan fingerprint density at radius 3 is 2.64 bits per heavy atom. The van der Waals surface area contributed by atoms with Crippen LogP contribution in [0, 0.1) is 12.8 Å². The Balaban J connectivity index is 1.38. The summed E-state index contributed by atoms with van der Waals surface area (Å²) < 4.78 is 16.7. The predicted molar refractivity (Wildman–Crippen MR) is 116 cm³/mol. The van der Waals surface area contributed by atoms with E-state index in [1.165, 1.54) is 12.4 Å². The number of hydrogen-bond acceptors (Lipinski definition) is 8. The van der Waals surface area contributed by atoms with E-state index in [-0.39, 0.29) is 30.8 Å². The Labute approximate surface area is 192 Å². The predicted octanol–water partition coefficient (Wildman–Crippen LogP) is 3.97. The lowest BCUT2D eigenvalue weighted by Crippen LogP contribution is -2.35. The monoisotopic (exact) mass is 458 g/mol. The molecule has 10 heteroatoms. The molecule has 2 aliphatic rings. The van der Waals surface area contributed by atoms with E-state index in [0.717, 1.165) is 38.5 Å². The van der Waals surface area contributed by atoms with Crippen molar-refractivity contribution < 1.29 is 28.7 Å². The molecule has 178 valence electrons. The lowest BCUT2D eigenvalue weighted by Gasteiger charge is -2.26. The van der Waals surface area contributed by atoms with Crippen molar-refractivity contribution in [3.05, 3.63) is 23.7 Å². The van der Waals surface area contributed by atoms with Gasteiger partial charge < -0.3 is 24.0 Å². The molecule has 33 heavy (non-hydrogen) atoms. The maximum Gasteiger partial charge on any atom is 0.410 e. The first-order chi connectivity index (χ1) is 15.9. The molecule has 2 atom stereocenters. The summed E-state index contributed by atoms with van der Waals surface area (Å²) in [6, 6.07) is 0.230. The van der Waals surface area contributed by atoms with Crippen LogP contribution in [-0.2, 0) is 16.1 Å². The maximum absolute atomic E-state index is 12.5. The van der Waals surface area contributed by atoms with Gasteiger partial charge in [0.15, 0.2) is 0 Å². The Morgan fingerprint density at radius 1 is 1.15 bits per heavy atom. The highest BCUT2D eigenvalue weighted by Crippen LogP contribution is 2.29. The molecule has 0 spiro atoms. The molecule has 2 aromatic rings. The van der Waals surface area contributed by atoms with E-state index in [1.54, 1.807) is 18.9 Å². The first-order valence-corrected chi connectivity index (χ1v) is 11.5. The summed E-state index contributed by atoms with van der Waals surface area (Å²) in [5.74, 6) is -0.285. The van der Waals surface area contributed by atoms with Crippen molar-refractivity contribution in [3.63, 3.8) is 0 Å². The van der Waals surface area contributed by atoms with Crippen molar-refractivity contribution in [1.29, 1.82) is 0 Å². The Bertz CT molecular complexity index is 970. The molecule has 1 amide bonds. The minimum atomic E-state index is -0.784. The molecule has 2 fully saturated rings. The van der Waals surface area contributed by atoms with Gasteiger partial charge in [0.25, 0.3) is 0 Å². The largest absolute Gasteiger partial charge is 0.481 e. The van der Waals surface area contributed by atoms with Crippen molar-refractivity contribution in [2.24, 2.45) is 5.92 Å². The smallest absolute Gasteiger partial charge is 0.410 e. The standard InChI is InChI=1S/C23H30N4O6/c1-14-18(13-31-23(30)27(2)16-7-3-4-8-16)21(26-33-14)19-11-25-20(12-24-19)32-17-9-5-6-15(10-17)22(28)29/h11-12,15-17H,3-10,13H2,1-2H3,(H,28,29)/t15-,17?/m0/s1. The number of ether oxygens (including phenoxy) is 2. The number of carboxylic acid groups (broad SMARTS) is 1. The van der Waals surface area contributed by atoms with Crippen LogP contribution in [0.15, 0.2) is 16.9 Å². The first-order valence-electron chi connectivity index (χ1n) is 11.5. The normalized spacial score (nSPS) is 21.0. The minimum absolute atomic E-state index is 0.0269. The van der Waals surface area contributed by atoms with Gasteiger partial charge in [0.05, 0.1) is 23.9 Å². The lowest BCUT2D eigenvalue weighted by atomic mass is 9.87. The Morgan fingerprint density at radius 2 is 1.94 bits per heavy atom. The summed E-state index contributed by atoms with van der Waals surface area (Å²) in [7, 11) is 1.77. The second-order valence-electron chi connectivity index (χ2n) is 8.85. The summed E-state index contributed by atoms with van der Waals surface area (Å²) >= 11 is 0. The molecule has 2 aromatic heterocycles. The quantitative estimate of drug-likeness (QED) is 0.655. The zero-order chi connectivity index (χ0) is 23.4. The number of aliphatic carboxylic acids is 1. The van der Waals surface area contributed by atoms with E-state index in [0.29, 0.717) is 41.4 Å². The molecular weight excluding hydrogens is 428 g/mol. The van der Waals surface area contributed by atoms with Crippen molar-refractivity contribution >= 4 is 12.1 Å². The molecule has 0 aromatic carbocycles. The lowest BCUT2D eigenvalue weighted by molar-refractivity contribution is -0.143. The molecule has 4 rings (SSSR count). The Hall–Kier alpha value is -3.17. The number of hydrogen-bond donors (Lipinski definition) is 1. The van der Waals surface area contributed by atoms with Crippen molar-refractivity contribution in [3.8, 4) is 17.3 Å². The number of carbonyl (C=O) groups is 2. The van der Waals surface area contributed by atoms with Gasteiger partial charge in [-0.2, -0.15) is 0 Å². The van der Waals surface area contributed by atoms with Crippen molar-refractivity contribution in [1.82, 2.24) is 20.0 Å². The summed E-state index contributed by atoms with van der Waals surface area (Å²) in [6.45, 7) is 1.78. The second-order valence-corrected chi connectivity index (χ2v) is 8.85. The summed E-state index contributed by atoms with van der Waals surface area (Å²) in [6.07, 6.45) is 9.48. The third kappa shape index (κ3) is 5.43. The van der Waals surface area contributed by atoms with Crippen LogP contribution in [0.3, 0.4) is 0 Å². The van der Waals surface area contributed by atoms with Crippen LogP contribution >= 0.6 is 0 Å². The van der Waals surface area contributed by atoms with Gasteiger partial charge in [-0.25, -0.2) is 14.8 Å². The maximum atomic E-state index is 12.5. The van der Waals surface area contributed by atoms with Gasteiger partial charge in [-0.05, 0) is 45.4 Å². The summed E-state index contributed by atoms with van der Waals surface area (Å²) in [5, 5.41) is 13.3. The molecule has 2 heterocycles. The molecule has 0 radical (unpaired) electrons. The van der Waals surface area contributed by atoms with Crippen LogP contribution in [0.5, 0.6) is 5.88 Å². The molecule has 2 aliphatic carbocycles. The third-order valence-corrected chi connectivity index (χ3v) is 6.62. The van der Waals surface area contributed by atoms with E-state index in [1.807, 2.05) is 0 Å². The number of carbonyl (C=O) groups excluding carboxylic acids is 1. The number of aromatic nitrogens is 3. The number of nitrogens with zero attached hydrogens (tertiary/aromatic N) is 4. The highest BCUT2D eigenvalue weighted by molar-refractivity contribution is 5.70. The highest BCUT2D eigenvalue weighted by atomic mass is 16.6. The number of amides is 1. The van der Waals surface area contributed by atoms with Gasteiger partial charge >= 0.3 is 12.1 Å². The van der Waals surface area contributed by atoms with Gasteiger partial charge in [-0.1, -0.05) is 18.0 Å². The van der Waals surface area contributed by atoms with E-state index in [2.05, 4.69) is 15.1 Å². The van der Waals surface area contributed by atoms with Crippen LogP contribution < -0.4 is 4.74 Å². The van der Waals surface area contributed by atoms with Crippen LogP contribution in [-0.4, -0.2) is 56.4 Å². The van der Waals surface area contributed by atoms with E-state index >= 15 is 0 Å².